The number of pyridine rings is 1. The third kappa shape index (κ3) is 3.78. The number of aryl methyl sites for hydroxylation is 1. The van der Waals surface area contributed by atoms with Crippen LogP contribution in [0.2, 0.25) is 0 Å². The summed E-state index contributed by atoms with van der Waals surface area (Å²) in [5, 5.41) is 2.02. The molecule has 0 N–H and O–H groups in total. The van der Waals surface area contributed by atoms with Crippen molar-refractivity contribution in [3.63, 3.8) is 0 Å². The number of hydrogen-bond acceptors (Lipinski definition) is 4. The highest BCUT2D eigenvalue weighted by atomic mass is 32.2. The molecule has 0 atom stereocenters. The van der Waals surface area contributed by atoms with E-state index in [-0.39, 0.29) is 5.91 Å². The maximum Gasteiger partial charge on any atom is 0.232 e. The lowest BCUT2D eigenvalue weighted by molar-refractivity contribution is -0.129. The number of amides is 1. The number of thioether (sulfide) groups is 1. The zero-order chi connectivity index (χ0) is 16.2. The third-order valence-electron chi connectivity index (χ3n) is 4.25. The molecule has 0 saturated carbocycles. The first kappa shape index (κ1) is 16.1. The van der Waals surface area contributed by atoms with Crippen LogP contribution in [0.4, 0.5) is 0 Å². The van der Waals surface area contributed by atoms with Crippen LogP contribution >= 0.6 is 11.8 Å². The Morgan fingerprint density at radius 3 is 2.78 bits per heavy atom. The highest BCUT2D eigenvalue weighted by molar-refractivity contribution is 7.99. The molecule has 0 radical (unpaired) electrons. The summed E-state index contributed by atoms with van der Waals surface area (Å²) in [4.78, 5) is 18.9. The van der Waals surface area contributed by atoms with Crippen molar-refractivity contribution in [2.75, 3.05) is 26.0 Å². The molecule has 2 heterocycles. The van der Waals surface area contributed by atoms with E-state index in [4.69, 9.17) is 4.74 Å². The van der Waals surface area contributed by atoms with Gasteiger partial charge in [-0.25, -0.2) is 4.98 Å². The molecule has 1 saturated heterocycles. The Morgan fingerprint density at radius 1 is 1.26 bits per heavy atom. The molecule has 0 unspecified atom stereocenters. The predicted molar refractivity (Wildman–Crippen MR) is 94.2 cm³/mol. The fraction of sp³-hybridized carbons (Fsp3) is 0.444. The molecule has 3 rings (SSSR count). The number of nitrogens with zero attached hydrogens (tertiary/aromatic N) is 2. The van der Waals surface area contributed by atoms with Crippen molar-refractivity contribution in [3.8, 4) is 5.75 Å². The number of carbonyl (C=O) groups excluding carboxylic acids is 1. The molecule has 0 spiro atoms. The number of likely N-dealkylation sites (tertiary alicyclic amines) is 1. The molecule has 1 aliphatic heterocycles. The van der Waals surface area contributed by atoms with Crippen molar-refractivity contribution in [1.29, 1.82) is 0 Å². The van der Waals surface area contributed by atoms with Crippen molar-refractivity contribution in [3.05, 3.63) is 29.8 Å². The molecular weight excluding hydrogens is 308 g/mol. The van der Waals surface area contributed by atoms with Gasteiger partial charge in [-0.1, -0.05) is 11.8 Å². The first-order chi connectivity index (χ1) is 11.2. The minimum absolute atomic E-state index is 0.222. The normalized spacial score (nSPS) is 15.0. The highest BCUT2D eigenvalue weighted by Crippen LogP contribution is 2.27. The van der Waals surface area contributed by atoms with Gasteiger partial charge in [0, 0.05) is 24.5 Å². The molecule has 2 aromatic rings. The van der Waals surface area contributed by atoms with E-state index < -0.39 is 0 Å². The zero-order valence-corrected chi connectivity index (χ0v) is 14.5. The molecule has 4 nitrogen and oxygen atoms in total. The molecule has 1 aromatic heterocycles. The average Bonchev–Trinajstić information content (AvgIpc) is 2.60. The molecule has 5 heteroatoms. The van der Waals surface area contributed by atoms with E-state index in [1.54, 1.807) is 7.11 Å². The lowest BCUT2D eigenvalue weighted by Gasteiger charge is -2.26. The average molecular weight is 330 g/mol. The van der Waals surface area contributed by atoms with Gasteiger partial charge < -0.3 is 9.64 Å². The largest absolute Gasteiger partial charge is 0.497 e. The van der Waals surface area contributed by atoms with E-state index in [0.717, 1.165) is 47.6 Å². The summed E-state index contributed by atoms with van der Waals surface area (Å²) in [6.07, 6.45) is 3.50. The topological polar surface area (TPSA) is 42.4 Å². The van der Waals surface area contributed by atoms with Crippen LogP contribution in [0.5, 0.6) is 5.75 Å². The van der Waals surface area contributed by atoms with Gasteiger partial charge >= 0.3 is 0 Å². The quantitative estimate of drug-likeness (QED) is 0.803. The first-order valence-corrected chi connectivity index (χ1v) is 9.02. The minimum Gasteiger partial charge on any atom is -0.497 e. The van der Waals surface area contributed by atoms with Gasteiger partial charge in [-0.15, -0.1) is 0 Å². The monoisotopic (exact) mass is 330 g/mol. The van der Waals surface area contributed by atoms with Gasteiger partial charge in [0.1, 0.15) is 5.75 Å². The van der Waals surface area contributed by atoms with Crippen molar-refractivity contribution >= 4 is 28.6 Å². The lowest BCUT2D eigenvalue weighted by Crippen LogP contribution is -2.36. The number of carbonyl (C=O) groups is 1. The van der Waals surface area contributed by atoms with E-state index in [1.807, 2.05) is 23.1 Å². The molecule has 0 aliphatic carbocycles. The summed E-state index contributed by atoms with van der Waals surface area (Å²) < 4.78 is 5.27. The highest BCUT2D eigenvalue weighted by Gasteiger charge is 2.17. The van der Waals surface area contributed by atoms with E-state index in [9.17, 15) is 4.79 Å². The lowest BCUT2D eigenvalue weighted by atomic mass is 10.1. The van der Waals surface area contributed by atoms with Gasteiger partial charge in [0.15, 0.2) is 0 Å². The van der Waals surface area contributed by atoms with Crippen LogP contribution in [0.15, 0.2) is 29.3 Å². The summed E-state index contributed by atoms with van der Waals surface area (Å²) in [5.74, 6) is 1.48. The second-order valence-electron chi connectivity index (χ2n) is 5.89. The number of methoxy groups -OCH3 is 1. The first-order valence-electron chi connectivity index (χ1n) is 8.03. The van der Waals surface area contributed by atoms with Crippen molar-refractivity contribution in [2.45, 2.75) is 31.2 Å². The fourth-order valence-electron chi connectivity index (χ4n) is 2.92. The molecule has 1 aliphatic rings. The Kier molecular flexibility index (Phi) is 5.06. The second kappa shape index (κ2) is 7.21. The molecule has 23 heavy (non-hydrogen) atoms. The summed E-state index contributed by atoms with van der Waals surface area (Å²) in [5.41, 5.74) is 2.09. The smallest absolute Gasteiger partial charge is 0.232 e. The Labute approximate surface area is 141 Å². The molecular formula is C18H22N2O2S. The number of benzene rings is 1. The standard InChI is InChI=1S/C18H22N2O2S/c1-13-10-17(19-16-11-14(22-2)6-7-15(13)16)23-12-18(21)20-8-4-3-5-9-20/h6-7,10-11H,3-5,8-9,12H2,1-2H3. The Bertz CT molecular complexity index is 711. The van der Waals surface area contributed by atoms with Crippen LogP contribution in [0.1, 0.15) is 24.8 Å². The molecule has 0 bridgehead atoms. The zero-order valence-electron chi connectivity index (χ0n) is 13.7. The van der Waals surface area contributed by atoms with E-state index in [0.29, 0.717) is 5.75 Å². The van der Waals surface area contributed by atoms with Crippen molar-refractivity contribution in [2.24, 2.45) is 0 Å². The van der Waals surface area contributed by atoms with Crippen LogP contribution in [0.3, 0.4) is 0 Å². The second-order valence-corrected chi connectivity index (χ2v) is 6.89. The predicted octanol–water partition coefficient (Wildman–Crippen LogP) is 3.66. The molecule has 1 amide bonds. The molecule has 1 aromatic carbocycles. The summed E-state index contributed by atoms with van der Waals surface area (Å²) in [6.45, 7) is 3.88. The summed E-state index contributed by atoms with van der Waals surface area (Å²) >= 11 is 1.52. The van der Waals surface area contributed by atoms with Crippen LogP contribution in [-0.2, 0) is 4.79 Å². The maximum absolute atomic E-state index is 12.3. The third-order valence-corrected chi connectivity index (χ3v) is 5.15. The number of fused-ring (bicyclic) bond motifs is 1. The van der Waals surface area contributed by atoms with Crippen LogP contribution in [0.25, 0.3) is 10.9 Å². The fourth-order valence-corrected chi connectivity index (χ4v) is 3.80. The van der Waals surface area contributed by atoms with Gasteiger partial charge in [-0.3, -0.25) is 4.79 Å². The van der Waals surface area contributed by atoms with Gasteiger partial charge in [0.2, 0.25) is 5.91 Å². The van der Waals surface area contributed by atoms with Gasteiger partial charge in [0.25, 0.3) is 0 Å². The molecule has 1 fully saturated rings. The number of piperidine rings is 1. The maximum atomic E-state index is 12.3. The van der Waals surface area contributed by atoms with E-state index in [1.165, 1.54) is 23.7 Å². The minimum atomic E-state index is 0.222. The summed E-state index contributed by atoms with van der Waals surface area (Å²) in [7, 11) is 1.66. The number of ether oxygens (including phenoxy) is 1. The Morgan fingerprint density at radius 2 is 2.04 bits per heavy atom. The van der Waals surface area contributed by atoms with Gasteiger partial charge in [0.05, 0.1) is 23.4 Å². The van der Waals surface area contributed by atoms with Crippen molar-refractivity contribution < 1.29 is 9.53 Å². The summed E-state index contributed by atoms with van der Waals surface area (Å²) in [6, 6.07) is 7.98. The number of rotatable bonds is 4. The van der Waals surface area contributed by atoms with E-state index >= 15 is 0 Å². The van der Waals surface area contributed by atoms with Crippen molar-refractivity contribution in [1.82, 2.24) is 9.88 Å². The van der Waals surface area contributed by atoms with Gasteiger partial charge in [-0.05, 0) is 49.9 Å². The van der Waals surface area contributed by atoms with Crippen LogP contribution in [-0.4, -0.2) is 41.7 Å². The Hall–Kier alpha value is -1.75. The van der Waals surface area contributed by atoms with E-state index in [2.05, 4.69) is 18.0 Å². The van der Waals surface area contributed by atoms with Crippen LogP contribution < -0.4 is 4.74 Å². The van der Waals surface area contributed by atoms with Gasteiger partial charge in [-0.2, -0.15) is 0 Å². The Balaban J connectivity index is 1.73. The number of hydrogen-bond donors (Lipinski definition) is 0. The SMILES string of the molecule is COc1ccc2c(C)cc(SCC(=O)N3CCCCC3)nc2c1. The number of aromatic nitrogens is 1. The molecule has 122 valence electrons. The van der Waals surface area contributed by atoms with Crippen LogP contribution in [0, 0.1) is 6.92 Å².